The second-order valence-corrected chi connectivity index (χ2v) is 7.68. The molecule has 1 aromatic carbocycles. The number of hydrogen-bond acceptors (Lipinski definition) is 1. The molecule has 0 bridgehead atoms. The van der Waals surface area contributed by atoms with Crippen LogP contribution in [0.1, 0.15) is 69.9 Å². The molecule has 2 N–H and O–H groups in total. The highest BCUT2D eigenvalue weighted by Gasteiger charge is 2.43. The lowest BCUT2D eigenvalue weighted by molar-refractivity contribution is 0.117. The van der Waals surface area contributed by atoms with E-state index in [1.54, 1.807) is 0 Å². The maximum absolute atomic E-state index is 7.03. The zero-order chi connectivity index (χ0) is 14.3. The zero-order valence-corrected chi connectivity index (χ0v) is 13.2. The Morgan fingerprint density at radius 3 is 2.35 bits per heavy atom. The minimum atomic E-state index is -0.0773. The number of nitrogens with two attached hydrogens (primary N) is 1. The summed E-state index contributed by atoms with van der Waals surface area (Å²) in [5.74, 6) is 2.99. The van der Waals surface area contributed by atoms with E-state index in [0.29, 0.717) is 11.8 Å². The highest BCUT2D eigenvalue weighted by Crippen LogP contribution is 2.49. The van der Waals surface area contributed by atoms with Crippen LogP contribution < -0.4 is 5.73 Å². The van der Waals surface area contributed by atoms with Gasteiger partial charge in [0.1, 0.15) is 0 Å². The summed E-state index contributed by atoms with van der Waals surface area (Å²) in [6, 6.07) is 8.95. The number of rotatable bonds is 1. The lowest BCUT2D eigenvalue weighted by atomic mass is 9.61. The van der Waals surface area contributed by atoms with Crippen LogP contribution in [-0.2, 0) is 5.54 Å². The molecule has 1 aromatic rings. The van der Waals surface area contributed by atoms with Gasteiger partial charge >= 0.3 is 0 Å². The molecule has 0 saturated heterocycles. The average Bonchev–Trinajstić information content (AvgIpc) is 2.42. The summed E-state index contributed by atoms with van der Waals surface area (Å²) in [4.78, 5) is 0. The lowest BCUT2D eigenvalue weighted by Gasteiger charge is -2.47. The molecular weight excluding hydrogens is 242 g/mol. The van der Waals surface area contributed by atoms with Crippen LogP contribution >= 0.6 is 0 Å². The van der Waals surface area contributed by atoms with Gasteiger partial charge in [0.2, 0.25) is 0 Å². The first-order valence-corrected chi connectivity index (χ1v) is 8.39. The van der Waals surface area contributed by atoms with Crippen LogP contribution in [0.4, 0.5) is 0 Å². The maximum atomic E-state index is 7.03. The molecule has 0 amide bonds. The third-order valence-electron chi connectivity index (χ3n) is 5.89. The number of hydrogen-bond donors (Lipinski definition) is 1. The van der Waals surface area contributed by atoms with Crippen molar-refractivity contribution in [3.05, 3.63) is 35.4 Å². The first-order chi connectivity index (χ1) is 9.50. The van der Waals surface area contributed by atoms with Gasteiger partial charge < -0.3 is 5.73 Å². The summed E-state index contributed by atoms with van der Waals surface area (Å²) >= 11 is 0. The highest BCUT2D eigenvalue weighted by atomic mass is 14.8. The van der Waals surface area contributed by atoms with Crippen LogP contribution in [0.15, 0.2) is 24.3 Å². The summed E-state index contributed by atoms with van der Waals surface area (Å²) in [7, 11) is 0. The highest BCUT2D eigenvalue weighted by molar-refractivity contribution is 5.39. The Morgan fingerprint density at radius 1 is 1.00 bits per heavy atom. The topological polar surface area (TPSA) is 26.0 Å². The quantitative estimate of drug-likeness (QED) is 0.779. The van der Waals surface area contributed by atoms with Gasteiger partial charge in [-0.1, -0.05) is 45.0 Å². The Labute approximate surface area is 124 Å². The predicted molar refractivity (Wildman–Crippen MR) is 85.6 cm³/mol. The predicted octanol–water partition coefficient (Wildman–Crippen LogP) is 4.81. The number of benzene rings is 1. The van der Waals surface area contributed by atoms with E-state index < -0.39 is 0 Å². The molecule has 0 heterocycles. The van der Waals surface area contributed by atoms with Crippen LogP contribution in [0.3, 0.4) is 0 Å². The maximum Gasteiger partial charge on any atom is 0.0441 e. The first kappa shape index (κ1) is 14.1. The Balaban J connectivity index is 1.98. The van der Waals surface area contributed by atoms with Crippen LogP contribution in [0.5, 0.6) is 0 Å². The van der Waals surface area contributed by atoms with E-state index >= 15 is 0 Å². The third kappa shape index (κ3) is 2.30. The number of fused-ring (bicyclic) bond motifs is 1. The SMILES string of the molecule is CC1CC(C)CC(C2(N)CCC(C)c3ccccc32)C1. The van der Waals surface area contributed by atoms with Crippen molar-refractivity contribution >= 4 is 0 Å². The van der Waals surface area contributed by atoms with Gasteiger partial charge in [0.15, 0.2) is 0 Å². The Bertz CT molecular complexity index is 470. The van der Waals surface area contributed by atoms with Gasteiger partial charge in [-0.25, -0.2) is 0 Å². The largest absolute Gasteiger partial charge is 0.321 e. The standard InChI is InChI=1S/C19H29N/c1-13-10-14(2)12-16(11-13)19(20)9-8-15(3)17-6-4-5-7-18(17)19/h4-7,13-16H,8-12,20H2,1-3H3. The van der Waals surface area contributed by atoms with Crippen molar-refractivity contribution < 1.29 is 0 Å². The molecular formula is C19H29N. The molecule has 2 aliphatic rings. The van der Waals surface area contributed by atoms with Crippen molar-refractivity contribution in [1.82, 2.24) is 0 Å². The van der Waals surface area contributed by atoms with Crippen LogP contribution in [0.25, 0.3) is 0 Å². The van der Waals surface area contributed by atoms with Gasteiger partial charge in [-0.05, 0) is 66.9 Å². The van der Waals surface area contributed by atoms with E-state index in [4.69, 9.17) is 5.73 Å². The monoisotopic (exact) mass is 271 g/mol. The van der Waals surface area contributed by atoms with Gasteiger partial charge in [0.25, 0.3) is 0 Å². The normalized spacial score (nSPS) is 41.2. The zero-order valence-electron chi connectivity index (χ0n) is 13.2. The van der Waals surface area contributed by atoms with Crippen molar-refractivity contribution in [2.45, 2.75) is 64.3 Å². The van der Waals surface area contributed by atoms with E-state index in [1.807, 2.05) is 0 Å². The fourth-order valence-electron chi connectivity index (χ4n) is 4.89. The molecule has 1 heteroatoms. The lowest BCUT2D eigenvalue weighted by Crippen LogP contribution is -2.49. The first-order valence-electron chi connectivity index (χ1n) is 8.39. The van der Waals surface area contributed by atoms with E-state index in [9.17, 15) is 0 Å². The summed E-state index contributed by atoms with van der Waals surface area (Å²) in [5.41, 5.74) is 9.91. The molecule has 4 unspecified atom stereocenters. The summed E-state index contributed by atoms with van der Waals surface area (Å²) in [5, 5.41) is 0. The van der Waals surface area contributed by atoms with Crippen LogP contribution in [0.2, 0.25) is 0 Å². The van der Waals surface area contributed by atoms with Crippen molar-refractivity contribution in [2.24, 2.45) is 23.5 Å². The second-order valence-electron chi connectivity index (χ2n) is 7.68. The Morgan fingerprint density at radius 2 is 1.65 bits per heavy atom. The second kappa shape index (κ2) is 5.18. The van der Waals surface area contributed by atoms with Gasteiger partial charge in [0, 0.05) is 5.54 Å². The summed E-state index contributed by atoms with van der Waals surface area (Å²) in [6.45, 7) is 7.16. The Hall–Kier alpha value is -0.820. The molecule has 20 heavy (non-hydrogen) atoms. The fourth-order valence-corrected chi connectivity index (χ4v) is 4.89. The molecule has 0 aliphatic heterocycles. The van der Waals surface area contributed by atoms with Crippen molar-refractivity contribution in [3.8, 4) is 0 Å². The third-order valence-corrected chi connectivity index (χ3v) is 5.89. The van der Waals surface area contributed by atoms with Crippen molar-refractivity contribution in [3.63, 3.8) is 0 Å². The minimum absolute atomic E-state index is 0.0773. The van der Waals surface area contributed by atoms with Crippen molar-refractivity contribution in [2.75, 3.05) is 0 Å². The molecule has 110 valence electrons. The van der Waals surface area contributed by atoms with Gasteiger partial charge in [0.05, 0.1) is 0 Å². The molecule has 2 aliphatic carbocycles. The van der Waals surface area contributed by atoms with Crippen molar-refractivity contribution in [1.29, 1.82) is 0 Å². The van der Waals surface area contributed by atoms with E-state index in [1.165, 1.54) is 36.8 Å². The van der Waals surface area contributed by atoms with E-state index in [-0.39, 0.29) is 5.54 Å². The molecule has 1 nitrogen and oxygen atoms in total. The van der Waals surface area contributed by atoms with Gasteiger partial charge in [-0.2, -0.15) is 0 Å². The molecule has 3 rings (SSSR count). The molecule has 0 spiro atoms. The smallest absolute Gasteiger partial charge is 0.0441 e. The summed E-state index contributed by atoms with van der Waals surface area (Å²) in [6.07, 6.45) is 6.40. The molecule has 1 fully saturated rings. The van der Waals surface area contributed by atoms with Crippen LogP contribution in [0, 0.1) is 17.8 Å². The van der Waals surface area contributed by atoms with E-state index in [2.05, 4.69) is 45.0 Å². The fraction of sp³-hybridized carbons (Fsp3) is 0.684. The molecule has 0 aromatic heterocycles. The average molecular weight is 271 g/mol. The van der Waals surface area contributed by atoms with Gasteiger partial charge in [-0.15, -0.1) is 0 Å². The van der Waals surface area contributed by atoms with E-state index in [0.717, 1.165) is 18.3 Å². The van der Waals surface area contributed by atoms with Gasteiger partial charge in [-0.3, -0.25) is 0 Å². The molecule has 1 saturated carbocycles. The molecule has 0 radical (unpaired) electrons. The van der Waals surface area contributed by atoms with Crippen LogP contribution in [-0.4, -0.2) is 0 Å². The summed E-state index contributed by atoms with van der Waals surface area (Å²) < 4.78 is 0. The minimum Gasteiger partial charge on any atom is -0.321 e. The molecule has 4 atom stereocenters. The Kier molecular flexibility index (Phi) is 3.66.